The third-order valence-corrected chi connectivity index (χ3v) is 3.73. The first-order chi connectivity index (χ1) is 7.40. The highest BCUT2D eigenvalue weighted by molar-refractivity contribution is 9.10. The van der Waals surface area contributed by atoms with Crippen LogP contribution in [-0.2, 0) is 6.54 Å². The SMILES string of the molecule is CC(C)(N)CN(CCO)Cc1cc(Br)cs1. The van der Waals surface area contributed by atoms with Crippen molar-refractivity contribution in [3.63, 3.8) is 0 Å². The summed E-state index contributed by atoms with van der Waals surface area (Å²) in [5, 5.41) is 11.1. The van der Waals surface area contributed by atoms with E-state index in [1.165, 1.54) is 4.88 Å². The van der Waals surface area contributed by atoms with E-state index in [4.69, 9.17) is 10.8 Å². The normalized spacial score (nSPS) is 12.4. The maximum atomic E-state index is 9.03. The fourth-order valence-electron chi connectivity index (χ4n) is 1.59. The molecule has 0 aliphatic heterocycles. The highest BCUT2D eigenvalue weighted by Crippen LogP contribution is 2.21. The van der Waals surface area contributed by atoms with Crippen LogP contribution >= 0.6 is 27.3 Å². The van der Waals surface area contributed by atoms with Crippen LogP contribution in [0.15, 0.2) is 15.9 Å². The van der Waals surface area contributed by atoms with E-state index in [1.807, 2.05) is 13.8 Å². The van der Waals surface area contributed by atoms with Crippen molar-refractivity contribution in [1.82, 2.24) is 4.90 Å². The number of nitrogens with zero attached hydrogens (tertiary/aromatic N) is 1. The average molecular weight is 307 g/mol. The first-order valence-corrected chi connectivity index (χ1v) is 6.93. The van der Waals surface area contributed by atoms with Crippen molar-refractivity contribution < 1.29 is 5.11 Å². The van der Waals surface area contributed by atoms with E-state index in [-0.39, 0.29) is 12.1 Å². The molecule has 0 aliphatic rings. The Balaban J connectivity index is 2.57. The molecule has 0 aliphatic carbocycles. The van der Waals surface area contributed by atoms with Gasteiger partial charge in [0, 0.05) is 39.9 Å². The second-order valence-electron chi connectivity index (χ2n) is 4.65. The molecule has 0 atom stereocenters. The molecule has 5 heteroatoms. The molecule has 16 heavy (non-hydrogen) atoms. The van der Waals surface area contributed by atoms with Gasteiger partial charge in [0.1, 0.15) is 0 Å². The third-order valence-electron chi connectivity index (χ3n) is 2.05. The smallest absolute Gasteiger partial charge is 0.0558 e. The molecule has 0 fully saturated rings. The summed E-state index contributed by atoms with van der Waals surface area (Å²) in [6, 6.07) is 2.11. The van der Waals surface area contributed by atoms with Gasteiger partial charge in [-0.15, -0.1) is 11.3 Å². The number of aliphatic hydroxyl groups is 1. The molecule has 0 radical (unpaired) electrons. The number of halogens is 1. The highest BCUT2D eigenvalue weighted by atomic mass is 79.9. The topological polar surface area (TPSA) is 49.5 Å². The first kappa shape index (κ1) is 14.1. The Bertz CT molecular complexity index is 322. The monoisotopic (exact) mass is 306 g/mol. The zero-order chi connectivity index (χ0) is 12.2. The summed E-state index contributed by atoms with van der Waals surface area (Å²) in [5.74, 6) is 0. The van der Waals surface area contributed by atoms with Crippen molar-refractivity contribution >= 4 is 27.3 Å². The minimum Gasteiger partial charge on any atom is -0.395 e. The van der Waals surface area contributed by atoms with Gasteiger partial charge >= 0.3 is 0 Å². The highest BCUT2D eigenvalue weighted by Gasteiger charge is 2.17. The average Bonchev–Trinajstić information content (AvgIpc) is 2.48. The van der Waals surface area contributed by atoms with Gasteiger partial charge in [-0.05, 0) is 35.8 Å². The van der Waals surface area contributed by atoms with Crippen molar-refractivity contribution in [1.29, 1.82) is 0 Å². The molecule has 3 N–H and O–H groups in total. The van der Waals surface area contributed by atoms with Crippen LogP contribution in [0.5, 0.6) is 0 Å². The van der Waals surface area contributed by atoms with Crippen molar-refractivity contribution in [3.05, 3.63) is 20.8 Å². The van der Waals surface area contributed by atoms with E-state index < -0.39 is 0 Å². The molecule has 1 aromatic heterocycles. The molecular weight excluding hydrogens is 288 g/mol. The number of hydrogen-bond acceptors (Lipinski definition) is 4. The fourth-order valence-corrected chi connectivity index (χ4v) is 3.08. The molecule has 0 saturated heterocycles. The molecule has 92 valence electrons. The molecule has 0 bridgehead atoms. The second-order valence-corrected chi connectivity index (χ2v) is 6.57. The predicted molar refractivity (Wildman–Crippen MR) is 72.6 cm³/mol. The van der Waals surface area contributed by atoms with Gasteiger partial charge in [0.15, 0.2) is 0 Å². The lowest BCUT2D eigenvalue weighted by Crippen LogP contribution is -2.45. The van der Waals surface area contributed by atoms with Crippen LogP contribution in [0.4, 0.5) is 0 Å². The van der Waals surface area contributed by atoms with Gasteiger partial charge in [-0.3, -0.25) is 4.90 Å². The molecule has 1 rings (SSSR count). The zero-order valence-corrected chi connectivity index (χ0v) is 12.1. The lowest BCUT2D eigenvalue weighted by Gasteiger charge is -2.28. The van der Waals surface area contributed by atoms with Crippen LogP contribution < -0.4 is 5.73 Å². The lowest BCUT2D eigenvalue weighted by atomic mass is 10.1. The molecule has 3 nitrogen and oxygen atoms in total. The standard InChI is InChI=1S/C11H19BrN2OS/c1-11(2,13)8-14(3-4-15)6-10-5-9(12)7-16-10/h5,7,15H,3-4,6,8,13H2,1-2H3. The Morgan fingerprint density at radius 1 is 1.56 bits per heavy atom. The molecule has 0 amide bonds. The molecule has 0 saturated carbocycles. The quantitative estimate of drug-likeness (QED) is 0.845. The summed E-state index contributed by atoms with van der Waals surface area (Å²) in [4.78, 5) is 3.46. The number of rotatable bonds is 6. The van der Waals surface area contributed by atoms with Gasteiger partial charge < -0.3 is 10.8 Å². The lowest BCUT2D eigenvalue weighted by molar-refractivity contribution is 0.167. The maximum absolute atomic E-state index is 9.03. The summed E-state index contributed by atoms with van der Waals surface area (Å²) in [6.45, 7) is 6.46. The van der Waals surface area contributed by atoms with E-state index in [9.17, 15) is 0 Å². The van der Waals surface area contributed by atoms with Gasteiger partial charge in [0.2, 0.25) is 0 Å². The van der Waals surface area contributed by atoms with Crippen molar-refractivity contribution in [2.75, 3.05) is 19.7 Å². The van der Waals surface area contributed by atoms with Crippen molar-refractivity contribution in [2.24, 2.45) is 5.73 Å². The largest absolute Gasteiger partial charge is 0.395 e. The summed E-state index contributed by atoms with van der Waals surface area (Å²) in [5.41, 5.74) is 5.76. The van der Waals surface area contributed by atoms with Crippen LogP contribution in [0.25, 0.3) is 0 Å². The van der Waals surface area contributed by atoms with E-state index in [2.05, 4.69) is 32.3 Å². The number of thiophene rings is 1. The van der Waals surface area contributed by atoms with Crippen LogP contribution in [0, 0.1) is 0 Å². The Morgan fingerprint density at radius 3 is 2.69 bits per heavy atom. The summed E-state index contributed by atoms with van der Waals surface area (Å²) in [6.07, 6.45) is 0. The molecule has 0 unspecified atom stereocenters. The predicted octanol–water partition coefficient (Wildman–Crippen LogP) is 2.04. The van der Waals surface area contributed by atoms with Crippen LogP contribution in [0.3, 0.4) is 0 Å². The van der Waals surface area contributed by atoms with E-state index >= 15 is 0 Å². The van der Waals surface area contributed by atoms with Gasteiger partial charge in [0.25, 0.3) is 0 Å². The van der Waals surface area contributed by atoms with Crippen molar-refractivity contribution in [2.45, 2.75) is 25.9 Å². The van der Waals surface area contributed by atoms with Crippen LogP contribution in [-0.4, -0.2) is 35.2 Å². The summed E-state index contributed by atoms with van der Waals surface area (Å²) >= 11 is 5.16. The Kier molecular flexibility index (Phi) is 5.40. The molecule has 1 aromatic rings. The fraction of sp³-hybridized carbons (Fsp3) is 0.636. The molecular formula is C11H19BrN2OS. The molecule has 1 heterocycles. The van der Waals surface area contributed by atoms with Crippen LogP contribution in [0.2, 0.25) is 0 Å². The molecule has 0 aromatic carbocycles. The summed E-state index contributed by atoms with van der Waals surface area (Å²) in [7, 11) is 0. The number of nitrogens with two attached hydrogens (primary N) is 1. The Hall–Kier alpha value is 0.0600. The van der Waals surface area contributed by atoms with E-state index in [1.54, 1.807) is 11.3 Å². The van der Waals surface area contributed by atoms with Gasteiger partial charge in [-0.2, -0.15) is 0 Å². The van der Waals surface area contributed by atoms with Gasteiger partial charge in [0.05, 0.1) is 6.61 Å². The number of aliphatic hydroxyl groups excluding tert-OH is 1. The van der Waals surface area contributed by atoms with Gasteiger partial charge in [-0.25, -0.2) is 0 Å². The van der Waals surface area contributed by atoms with E-state index in [0.29, 0.717) is 6.54 Å². The van der Waals surface area contributed by atoms with E-state index in [0.717, 1.165) is 17.6 Å². The Morgan fingerprint density at radius 2 is 2.25 bits per heavy atom. The molecule has 0 spiro atoms. The number of hydrogen-bond donors (Lipinski definition) is 2. The first-order valence-electron chi connectivity index (χ1n) is 5.26. The van der Waals surface area contributed by atoms with Gasteiger partial charge in [-0.1, -0.05) is 0 Å². The van der Waals surface area contributed by atoms with Crippen molar-refractivity contribution in [3.8, 4) is 0 Å². The second kappa shape index (κ2) is 6.12. The Labute approximate surface area is 109 Å². The van der Waals surface area contributed by atoms with Crippen LogP contribution in [0.1, 0.15) is 18.7 Å². The third kappa shape index (κ3) is 5.41. The zero-order valence-electron chi connectivity index (χ0n) is 9.74. The minimum atomic E-state index is -0.232. The maximum Gasteiger partial charge on any atom is 0.0558 e. The summed E-state index contributed by atoms with van der Waals surface area (Å²) < 4.78 is 1.11. The minimum absolute atomic E-state index is 0.169.